The van der Waals surface area contributed by atoms with Crippen LogP contribution < -0.4 is 5.32 Å². The minimum Gasteiger partial charge on any atom is -0.325 e. The number of aromatic nitrogens is 2. The van der Waals surface area contributed by atoms with Crippen molar-refractivity contribution < 1.29 is 0 Å². The zero-order valence-electron chi connectivity index (χ0n) is 9.95. The molecule has 0 saturated heterocycles. The van der Waals surface area contributed by atoms with Gasteiger partial charge in [-0.15, -0.1) is 0 Å². The van der Waals surface area contributed by atoms with Gasteiger partial charge in [-0.3, -0.25) is 0 Å². The van der Waals surface area contributed by atoms with Crippen LogP contribution in [0.2, 0.25) is 5.02 Å². The Bertz CT molecular complexity index is 590. The summed E-state index contributed by atoms with van der Waals surface area (Å²) in [7, 11) is 0. The molecule has 1 aromatic heterocycles. The maximum absolute atomic E-state index is 5.94. The number of benzene rings is 1. The predicted octanol–water partition coefficient (Wildman–Crippen LogP) is 4.69. The van der Waals surface area contributed by atoms with Gasteiger partial charge >= 0.3 is 0 Å². The van der Waals surface area contributed by atoms with Crippen LogP contribution in [0.3, 0.4) is 0 Å². The molecule has 1 saturated carbocycles. The van der Waals surface area contributed by atoms with E-state index in [9.17, 15) is 0 Å². The van der Waals surface area contributed by atoms with Gasteiger partial charge in [-0.25, -0.2) is 4.98 Å². The van der Waals surface area contributed by atoms with Gasteiger partial charge in [0.2, 0.25) is 5.95 Å². The van der Waals surface area contributed by atoms with Crippen molar-refractivity contribution in [3.05, 3.63) is 39.6 Å². The minimum absolute atomic E-state index is 0.611. The van der Waals surface area contributed by atoms with Crippen molar-refractivity contribution in [2.75, 3.05) is 5.32 Å². The van der Waals surface area contributed by atoms with Crippen molar-refractivity contribution in [1.29, 1.82) is 0 Å². The minimum atomic E-state index is 0.611. The summed E-state index contributed by atoms with van der Waals surface area (Å²) in [4.78, 5) is 4.53. The maximum Gasteiger partial charge on any atom is 0.207 e. The van der Waals surface area contributed by atoms with E-state index in [1.165, 1.54) is 12.8 Å². The zero-order chi connectivity index (χ0) is 12.7. The molecule has 1 N–H and O–H groups in total. The second kappa shape index (κ2) is 4.59. The molecule has 0 atom stereocenters. The molecular weight excluding hydrogens is 314 g/mol. The number of imidazole rings is 1. The van der Waals surface area contributed by atoms with E-state index in [2.05, 4.69) is 37.0 Å². The van der Waals surface area contributed by atoms with Gasteiger partial charge in [0, 0.05) is 21.7 Å². The van der Waals surface area contributed by atoms with Gasteiger partial charge in [-0.1, -0.05) is 11.6 Å². The summed E-state index contributed by atoms with van der Waals surface area (Å²) >= 11 is 9.44. The molecule has 3 nitrogen and oxygen atoms in total. The summed E-state index contributed by atoms with van der Waals surface area (Å²) in [6.45, 7) is 2.01. The predicted molar refractivity (Wildman–Crippen MR) is 77.7 cm³/mol. The summed E-state index contributed by atoms with van der Waals surface area (Å²) in [5.41, 5.74) is 2.02. The molecule has 1 heterocycles. The first kappa shape index (κ1) is 12.1. The lowest BCUT2D eigenvalue weighted by atomic mass is 10.3. The highest BCUT2D eigenvalue weighted by Gasteiger charge is 2.26. The van der Waals surface area contributed by atoms with Gasteiger partial charge in [-0.2, -0.15) is 0 Å². The number of nitrogens with zero attached hydrogens (tertiary/aromatic N) is 2. The van der Waals surface area contributed by atoms with Crippen molar-refractivity contribution in [1.82, 2.24) is 9.55 Å². The first-order valence-electron chi connectivity index (χ1n) is 5.91. The molecule has 3 rings (SSSR count). The van der Waals surface area contributed by atoms with Gasteiger partial charge < -0.3 is 9.88 Å². The third kappa shape index (κ3) is 2.40. The van der Waals surface area contributed by atoms with E-state index in [1.54, 1.807) is 0 Å². The molecule has 5 heteroatoms. The van der Waals surface area contributed by atoms with Gasteiger partial charge in [0.15, 0.2) is 0 Å². The molecule has 0 radical (unpaired) electrons. The molecule has 94 valence electrons. The number of aryl methyl sites for hydroxylation is 1. The number of hydrogen-bond acceptors (Lipinski definition) is 2. The number of rotatable bonds is 3. The largest absolute Gasteiger partial charge is 0.325 e. The third-order valence-electron chi connectivity index (χ3n) is 2.97. The fourth-order valence-electron chi connectivity index (χ4n) is 1.95. The normalized spacial score (nSPS) is 14.8. The van der Waals surface area contributed by atoms with Gasteiger partial charge in [-0.05, 0) is 53.9 Å². The molecular formula is C13H13BrClN3. The molecule has 0 unspecified atom stereocenters. The quantitative estimate of drug-likeness (QED) is 0.887. The smallest absolute Gasteiger partial charge is 0.207 e. The van der Waals surface area contributed by atoms with E-state index >= 15 is 0 Å². The third-order valence-corrected chi connectivity index (χ3v) is 3.86. The lowest BCUT2D eigenvalue weighted by Gasteiger charge is -2.10. The lowest BCUT2D eigenvalue weighted by molar-refractivity contribution is 0.750. The topological polar surface area (TPSA) is 29.9 Å². The van der Waals surface area contributed by atoms with Crippen molar-refractivity contribution in [2.24, 2.45) is 0 Å². The Morgan fingerprint density at radius 1 is 1.44 bits per heavy atom. The van der Waals surface area contributed by atoms with Crippen LogP contribution in [-0.4, -0.2) is 9.55 Å². The van der Waals surface area contributed by atoms with Crippen LogP contribution in [0.1, 0.15) is 24.6 Å². The Kier molecular flexibility index (Phi) is 3.08. The first-order valence-corrected chi connectivity index (χ1v) is 7.08. The van der Waals surface area contributed by atoms with Crippen LogP contribution in [0.15, 0.2) is 28.9 Å². The number of anilines is 2. The summed E-state index contributed by atoms with van der Waals surface area (Å²) < 4.78 is 3.16. The first-order chi connectivity index (χ1) is 8.63. The summed E-state index contributed by atoms with van der Waals surface area (Å²) in [5.74, 6) is 0.901. The number of halogens is 2. The Hall–Kier alpha value is -1.000. The molecule has 0 bridgehead atoms. The van der Waals surface area contributed by atoms with Crippen LogP contribution in [0.25, 0.3) is 0 Å². The van der Waals surface area contributed by atoms with E-state index in [0.29, 0.717) is 11.1 Å². The van der Waals surface area contributed by atoms with Crippen LogP contribution in [-0.2, 0) is 0 Å². The summed E-state index contributed by atoms with van der Waals surface area (Å²) in [6.07, 6.45) is 4.59. The molecule has 0 spiro atoms. The Labute approximate surface area is 119 Å². The fourth-order valence-corrected chi connectivity index (χ4v) is 2.73. The van der Waals surface area contributed by atoms with E-state index in [1.807, 2.05) is 25.1 Å². The van der Waals surface area contributed by atoms with Gasteiger partial charge in [0.1, 0.15) is 0 Å². The standard InChI is InChI=1S/C13H13BrClN3/c1-8-7-18(10-3-4-10)13(16-8)17-12-5-2-9(15)6-11(12)14/h2,5-7,10H,3-4H2,1H3,(H,16,17). The highest BCUT2D eigenvalue weighted by atomic mass is 79.9. The monoisotopic (exact) mass is 325 g/mol. The van der Waals surface area contributed by atoms with E-state index in [4.69, 9.17) is 11.6 Å². The summed E-state index contributed by atoms with van der Waals surface area (Å²) in [5, 5.41) is 4.07. The maximum atomic E-state index is 5.94. The SMILES string of the molecule is Cc1cn(C2CC2)c(Nc2ccc(Cl)cc2Br)n1. The Morgan fingerprint density at radius 3 is 2.89 bits per heavy atom. The van der Waals surface area contributed by atoms with Crippen LogP contribution in [0.5, 0.6) is 0 Å². The van der Waals surface area contributed by atoms with Crippen molar-refractivity contribution in [3.63, 3.8) is 0 Å². The lowest BCUT2D eigenvalue weighted by Crippen LogP contribution is -2.01. The Morgan fingerprint density at radius 2 is 2.22 bits per heavy atom. The van der Waals surface area contributed by atoms with Crippen molar-refractivity contribution in [2.45, 2.75) is 25.8 Å². The van der Waals surface area contributed by atoms with Crippen LogP contribution in [0, 0.1) is 6.92 Å². The van der Waals surface area contributed by atoms with E-state index in [-0.39, 0.29) is 0 Å². The molecule has 0 aliphatic heterocycles. The van der Waals surface area contributed by atoms with Crippen molar-refractivity contribution >= 4 is 39.2 Å². The molecule has 1 aromatic carbocycles. The van der Waals surface area contributed by atoms with Crippen LogP contribution in [0.4, 0.5) is 11.6 Å². The molecule has 18 heavy (non-hydrogen) atoms. The second-order valence-electron chi connectivity index (χ2n) is 4.59. The number of nitrogens with one attached hydrogen (secondary N) is 1. The highest BCUT2D eigenvalue weighted by Crippen LogP contribution is 2.38. The van der Waals surface area contributed by atoms with Crippen LogP contribution >= 0.6 is 27.5 Å². The average molecular weight is 327 g/mol. The van der Waals surface area contributed by atoms with E-state index < -0.39 is 0 Å². The number of hydrogen-bond donors (Lipinski definition) is 1. The Balaban J connectivity index is 1.91. The van der Waals surface area contributed by atoms with Crippen molar-refractivity contribution in [3.8, 4) is 0 Å². The fraction of sp³-hybridized carbons (Fsp3) is 0.308. The highest BCUT2D eigenvalue weighted by molar-refractivity contribution is 9.10. The zero-order valence-corrected chi connectivity index (χ0v) is 12.3. The molecule has 1 fully saturated rings. The second-order valence-corrected chi connectivity index (χ2v) is 5.88. The summed E-state index contributed by atoms with van der Waals surface area (Å²) in [6, 6.07) is 6.31. The molecule has 1 aliphatic carbocycles. The van der Waals surface area contributed by atoms with Gasteiger partial charge in [0.25, 0.3) is 0 Å². The average Bonchev–Trinajstić information content (AvgIpc) is 3.08. The molecule has 1 aliphatic rings. The van der Waals surface area contributed by atoms with E-state index in [0.717, 1.165) is 21.8 Å². The molecule has 2 aromatic rings. The molecule has 0 amide bonds. The van der Waals surface area contributed by atoms with Gasteiger partial charge in [0.05, 0.1) is 11.4 Å².